The molecular formula is C13H19N5O4S. The van der Waals surface area contributed by atoms with Gasteiger partial charge in [-0.1, -0.05) is 11.8 Å². The zero-order valence-electron chi connectivity index (χ0n) is 13.1. The van der Waals surface area contributed by atoms with Crippen LogP contribution in [0.5, 0.6) is 0 Å². The number of urea groups is 1. The van der Waals surface area contributed by atoms with Crippen molar-refractivity contribution in [1.29, 1.82) is 0 Å². The molecule has 23 heavy (non-hydrogen) atoms. The molecule has 1 saturated heterocycles. The number of hydrogen-bond acceptors (Lipinski definition) is 7. The van der Waals surface area contributed by atoms with Crippen molar-refractivity contribution in [1.82, 2.24) is 26.1 Å². The SMILES string of the molecule is CC(C)NC(=O)CSc1nnc(CC2C(=O)NC(=O)NC2C)o1. The minimum absolute atomic E-state index is 0.0721. The Labute approximate surface area is 137 Å². The van der Waals surface area contributed by atoms with E-state index >= 15 is 0 Å². The van der Waals surface area contributed by atoms with Gasteiger partial charge in [0.1, 0.15) is 0 Å². The summed E-state index contributed by atoms with van der Waals surface area (Å²) in [7, 11) is 0. The van der Waals surface area contributed by atoms with Gasteiger partial charge in [-0.15, -0.1) is 10.2 Å². The van der Waals surface area contributed by atoms with Crippen molar-refractivity contribution >= 4 is 29.6 Å². The number of amides is 4. The van der Waals surface area contributed by atoms with Gasteiger partial charge in [0.2, 0.25) is 17.7 Å². The second kappa shape index (κ2) is 7.44. The third-order valence-electron chi connectivity index (χ3n) is 3.16. The molecule has 0 saturated carbocycles. The number of imide groups is 1. The highest BCUT2D eigenvalue weighted by molar-refractivity contribution is 7.99. The Balaban J connectivity index is 1.88. The fourth-order valence-corrected chi connectivity index (χ4v) is 2.69. The van der Waals surface area contributed by atoms with Gasteiger partial charge < -0.3 is 15.1 Å². The maximum absolute atomic E-state index is 11.8. The quantitative estimate of drug-likeness (QED) is 0.625. The molecule has 2 atom stereocenters. The molecule has 0 spiro atoms. The number of carbonyl (C=O) groups excluding carboxylic acids is 3. The Morgan fingerprint density at radius 3 is 2.78 bits per heavy atom. The number of thioether (sulfide) groups is 1. The van der Waals surface area contributed by atoms with E-state index in [4.69, 9.17) is 4.42 Å². The fraction of sp³-hybridized carbons (Fsp3) is 0.615. The first-order chi connectivity index (χ1) is 10.8. The van der Waals surface area contributed by atoms with E-state index in [0.29, 0.717) is 5.89 Å². The second-order valence-corrected chi connectivity index (χ2v) is 6.46. The number of aromatic nitrogens is 2. The van der Waals surface area contributed by atoms with Gasteiger partial charge in [0.25, 0.3) is 5.22 Å². The van der Waals surface area contributed by atoms with Gasteiger partial charge in [0.05, 0.1) is 11.7 Å². The predicted molar refractivity (Wildman–Crippen MR) is 81.6 cm³/mol. The maximum Gasteiger partial charge on any atom is 0.321 e. The van der Waals surface area contributed by atoms with E-state index in [2.05, 4.69) is 26.1 Å². The van der Waals surface area contributed by atoms with Crippen molar-refractivity contribution in [2.75, 3.05) is 5.75 Å². The molecular weight excluding hydrogens is 322 g/mol. The molecule has 1 aliphatic rings. The number of carbonyl (C=O) groups is 3. The summed E-state index contributed by atoms with van der Waals surface area (Å²) in [5.41, 5.74) is 0. The van der Waals surface area contributed by atoms with Crippen molar-refractivity contribution < 1.29 is 18.8 Å². The smallest absolute Gasteiger partial charge is 0.321 e. The van der Waals surface area contributed by atoms with Crippen LogP contribution in [-0.2, 0) is 16.0 Å². The van der Waals surface area contributed by atoms with Crippen molar-refractivity contribution in [2.24, 2.45) is 5.92 Å². The molecule has 0 radical (unpaired) electrons. The topological polar surface area (TPSA) is 126 Å². The Bertz CT molecular complexity index is 603. The van der Waals surface area contributed by atoms with Gasteiger partial charge in [-0.3, -0.25) is 14.9 Å². The summed E-state index contributed by atoms with van der Waals surface area (Å²) in [6.07, 6.45) is 0.221. The van der Waals surface area contributed by atoms with Gasteiger partial charge in [-0.05, 0) is 20.8 Å². The van der Waals surface area contributed by atoms with Crippen molar-refractivity contribution in [3.63, 3.8) is 0 Å². The van der Waals surface area contributed by atoms with Gasteiger partial charge in [0.15, 0.2) is 0 Å². The van der Waals surface area contributed by atoms with Crippen molar-refractivity contribution in [2.45, 2.75) is 44.5 Å². The van der Waals surface area contributed by atoms with Crippen LogP contribution in [0.3, 0.4) is 0 Å². The van der Waals surface area contributed by atoms with E-state index in [9.17, 15) is 14.4 Å². The minimum Gasteiger partial charge on any atom is -0.416 e. The first-order valence-corrected chi connectivity index (χ1v) is 8.19. The maximum atomic E-state index is 11.8. The van der Waals surface area contributed by atoms with Crippen LogP contribution >= 0.6 is 11.8 Å². The Kier molecular flexibility index (Phi) is 5.59. The standard InChI is InChI=1S/C13H19N5O4S/c1-6(2)14-9(19)5-23-13-18-17-10(22-13)4-8-7(3)15-12(21)16-11(8)20/h6-8H,4-5H2,1-3H3,(H,14,19)(H2,15,16,20,21). The second-order valence-electron chi connectivity index (χ2n) is 5.53. The predicted octanol–water partition coefficient (Wildman–Crippen LogP) is 0.0729. The first kappa shape index (κ1) is 17.3. The lowest BCUT2D eigenvalue weighted by molar-refractivity contribution is -0.125. The van der Waals surface area contributed by atoms with Crippen LogP contribution in [-0.4, -0.2) is 45.9 Å². The molecule has 2 heterocycles. The summed E-state index contributed by atoms with van der Waals surface area (Å²) in [4.78, 5) is 34.6. The zero-order valence-corrected chi connectivity index (χ0v) is 13.9. The van der Waals surface area contributed by atoms with E-state index in [1.165, 1.54) is 0 Å². The minimum atomic E-state index is -0.503. The monoisotopic (exact) mass is 341 g/mol. The van der Waals surface area contributed by atoms with E-state index in [1.54, 1.807) is 6.92 Å². The van der Waals surface area contributed by atoms with Crippen LogP contribution < -0.4 is 16.0 Å². The van der Waals surface area contributed by atoms with E-state index in [-0.39, 0.29) is 41.3 Å². The molecule has 1 aromatic rings. The molecule has 1 fully saturated rings. The molecule has 0 bridgehead atoms. The van der Waals surface area contributed by atoms with Crippen LogP contribution in [0.1, 0.15) is 26.7 Å². The van der Waals surface area contributed by atoms with Gasteiger partial charge in [-0.2, -0.15) is 0 Å². The third kappa shape index (κ3) is 4.95. The number of nitrogens with one attached hydrogen (secondary N) is 3. The molecule has 126 valence electrons. The van der Waals surface area contributed by atoms with Gasteiger partial charge in [0, 0.05) is 18.5 Å². The van der Waals surface area contributed by atoms with E-state index in [0.717, 1.165) is 11.8 Å². The molecule has 2 unspecified atom stereocenters. The Morgan fingerprint density at radius 2 is 2.13 bits per heavy atom. The molecule has 0 aliphatic carbocycles. The van der Waals surface area contributed by atoms with Gasteiger partial charge in [-0.25, -0.2) is 4.79 Å². The summed E-state index contributed by atoms with van der Waals surface area (Å²) in [6.45, 7) is 5.49. The number of hydrogen-bond donors (Lipinski definition) is 3. The third-order valence-corrected chi connectivity index (χ3v) is 3.97. The average molecular weight is 341 g/mol. The highest BCUT2D eigenvalue weighted by Gasteiger charge is 2.34. The summed E-state index contributed by atoms with van der Waals surface area (Å²) in [6, 6.07) is -0.754. The molecule has 1 aromatic heterocycles. The largest absolute Gasteiger partial charge is 0.416 e. The Morgan fingerprint density at radius 1 is 1.39 bits per heavy atom. The molecule has 1 aliphatic heterocycles. The Hall–Kier alpha value is -2.10. The highest BCUT2D eigenvalue weighted by atomic mass is 32.2. The van der Waals surface area contributed by atoms with Crippen LogP contribution in [0.4, 0.5) is 4.79 Å². The van der Waals surface area contributed by atoms with Crippen molar-refractivity contribution in [3.05, 3.63) is 5.89 Å². The van der Waals surface area contributed by atoms with Crippen molar-refractivity contribution in [3.8, 4) is 0 Å². The van der Waals surface area contributed by atoms with E-state index < -0.39 is 11.9 Å². The molecule has 9 nitrogen and oxygen atoms in total. The highest BCUT2D eigenvalue weighted by Crippen LogP contribution is 2.19. The lowest BCUT2D eigenvalue weighted by Gasteiger charge is -2.27. The zero-order chi connectivity index (χ0) is 17.0. The van der Waals surface area contributed by atoms with Crippen LogP contribution in [0.25, 0.3) is 0 Å². The normalized spacial score (nSPS) is 21.0. The summed E-state index contributed by atoms with van der Waals surface area (Å²) >= 11 is 1.13. The van der Waals surface area contributed by atoms with Crippen LogP contribution in [0, 0.1) is 5.92 Å². The molecule has 4 amide bonds. The molecule has 10 heteroatoms. The summed E-state index contributed by atoms with van der Waals surface area (Å²) in [5.74, 6) is -0.497. The summed E-state index contributed by atoms with van der Waals surface area (Å²) < 4.78 is 5.43. The van der Waals surface area contributed by atoms with Crippen LogP contribution in [0.15, 0.2) is 9.64 Å². The fourth-order valence-electron chi connectivity index (χ4n) is 2.10. The number of nitrogens with zero attached hydrogens (tertiary/aromatic N) is 2. The lowest BCUT2D eigenvalue weighted by Crippen LogP contribution is -2.57. The first-order valence-electron chi connectivity index (χ1n) is 7.21. The summed E-state index contributed by atoms with van der Waals surface area (Å²) in [5, 5.41) is 15.6. The van der Waals surface area contributed by atoms with E-state index in [1.807, 2.05) is 13.8 Å². The molecule has 0 aromatic carbocycles. The number of rotatable bonds is 6. The van der Waals surface area contributed by atoms with Crippen LogP contribution in [0.2, 0.25) is 0 Å². The molecule has 3 N–H and O–H groups in total. The lowest BCUT2D eigenvalue weighted by atomic mass is 9.95. The molecule has 2 rings (SSSR count). The van der Waals surface area contributed by atoms with Gasteiger partial charge >= 0.3 is 6.03 Å². The average Bonchev–Trinajstić information content (AvgIpc) is 2.87.